The minimum absolute atomic E-state index is 0.554. The van der Waals surface area contributed by atoms with Crippen LogP contribution >= 0.6 is 0 Å². The molecule has 1 aliphatic carbocycles. The van der Waals surface area contributed by atoms with Gasteiger partial charge in [0.25, 0.3) is 0 Å². The lowest BCUT2D eigenvalue weighted by Gasteiger charge is -2.21. The summed E-state index contributed by atoms with van der Waals surface area (Å²) in [5.74, 6) is 1.25. The summed E-state index contributed by atoms with van der Waals surface area (Å²) in [6, 6.07) is 10.7. The lowest BCUT2D eigenvalue weighted by Crippen LogP contribution is -2.04. The first-order valence-corrected chi connectivity index (χ1v) is 5.69. The van der Waals surface area contributed by atoms with Crippen molar-refractivity contribution in [3.05, 3.63) is 59.7 Å². The molecule has 0 amide bonds. The van der Waals surface area contributed by atoms with Crippen molar-refractivity contribution < 1.29 is 0 Å². The molecule has 0 radical (unpaired) electrons. The topological polar surface area (TPSA) is 0 Å². The summed E-state index contributed by atoms with van der Waals surface area (Å²) in [4.78, 5) is 0. The fourth-order valence-corrected chi connectivity index (χ4v) is 2.15. The zero-order valence-electron chi connectivity index (χ0n) is 9.48. The van der Waals surface area contributed by atoms with Gasteiger partial charge >= 0.3 is 0 Å². The molecule has 0 N–H and O–H groups in total. The first kappa shape index (κ1) is 10.2. The first-order valence-electron chi connectivity index (χ1n) is 5.69. The Morgan fingerprint density at radius 1 is 1.20 bits per heavy atom. The van der Waals surface area contributed by atoms with E-state index in [1.807, 2.05) is 0 Å². The average Bonchev–Trinajstić information content (AvgIpc) is 2.29. The van der Waals surface area contributed by atoms with E-state index in [1.54, 1.807) is 5.57 Å². The number of hydrogen-bond donors (Lipinski definition) is 0. The number of rotatable bonds is 2. The Labute approximate surface area is 92.3 Å². The van der Waals surface area contributed by atoms with Crippen molar-refractivity contribution in [3.63, 3.8) is 0 Å². The van der Waals surface area contributed by atoms with Gasteiger partial charge in [0.1, 0.15) is 0 Å². The van der Waals surface area contributed by atoms with Crippen molar-refractivity contribution in [3.8, 4) is 0 Å². The first-order chi connectivity index (χ1) is 7.27. The van der Waals surface area contributed by atoms with Crippen LogP contribution in [0.3, 0.4) is 0 Å². The molecule has 1 aromatic rings. The summed E-state index contributed by atoms with van der Waals surface area (Å²) in [6.07, 6.45) is 7.95. The van der Waals surface area contributed by atoms with Crippen molar-refractivity contribution in [1.29, 1.82) is 0 Å². The molecule has 15 heavy (non-hydrogen) atoms. The summed E-state index contributed by atoms with van der Waals surface area (Å²) in [5, 5.41) is 0. The van der Waals surface area contributed by atoms with Crippen molar-refractivity contribution in [1.82, 2.24) is 0 Å². The van der Waals surface area contributed by atoms with Crippen LogP contribution in [0, 0.1) is 5.92 Å². The predicted molar refractivity (Wildman–Crippen MR) is 65.9 cm³/mol. The smallest absolute Gasteiger partial charge is 0.00231 e. The van der Waals surface area contributed by atoms with Gasteiger partial charge in [-0.2, -0.15) is 0 Å². The van der Waals surface area contributed by atoms with Crippen molar-refractivity contribution in [2.75, 3.05) is 0 Å². The van der Waals surface area contributed by atoms with Crippen LogP contribution in [-0.4, -0.2) is 0 Å². The minimum atomic E-state index is 0.554. The van der Waals surface area contributed by atoms with Gasteiger partial charge in [0.05, 0.1) is 0 Å². The third-order valence-corrected chi connectivity index (χ3v) is 3.16. The average molecular weight is 198 g/mol. The Morgan fingerprint density at radius 2 is 1.93 bits per heavy atom. The van der Waals surface area contributed by atoms with E-state index in [9.17, 15) is 0 Å². The largest absolute Gasteiger partial charge is 0.0814 e. The Bertz CT molecular complexity index is 370. The number of benzene rings is 1. The molecule has 0 nitrogen and oxygen atoms in total. The highest BCUT2D eigenvalue weighted by Gasteiger charge is 2.14. The van der Waals surface area contributed by atoms with Crippen LogP contribution < -0.4 is 0 Å². The SMILES string of the molecule is CC1C=CC=C(C(C)c2ccccc2)C1. The van der Waals surface area contributed by atoms with E-state index in [-0.39, 0.29) is 0 Å². The van der Waals surface area contributed by atoms with E-state index in [1.165, 1.54) is 12.0 Å². The third-order valence-electron chi connectivity index (χ3n) is 3.16. The minimum Gasteiger partial charge on any atom is -0.0814 e. The van der Waals surface area contributed by atoms with Crippen molar-refractivity contribution in [2.45, 2.75) is 26.2 Å². The Hall–Kier alpha value is -1.30. The van der Waals surface area contributed by atoms with Crippen LogP contribution in [-0.2, 0) is 0 Å². The maximum Gasteiger partial charge on any atom is 0.00231 e. The second-order valence-corrected chi connectivity index (χ2v) is 4.44. The van der Waals surface area contributed by atoms with Crippen molar-refractivity contribution in [2.24, 2.45) is 5.92 Å². The highest BCUT2D eigenvalue weighted by Crippen LogP contribution is 2.31. The van der Waals surface area contributed by atoms with Gasteiger partial charge in [-0.15, -0.1) is 0 Å². The predicted octanol–water partition coefficient (Wildman–Crippen LogP) is 4.31. The molecular weight excluding hydrogens is 180 g/mol. The lowest BCUT2D eigenvalue weighted by molar-refractivity contribution is 0.662. The molecule has 2 atom stereocenters. The standard InChI is InChI=1S/C15H18/c1-12-7-6-10-15(11-12)13(2)14-8-4-3-5-9-14/h3-10,12-13H,11H2,1-2H3. The molecule has 0 aromatic heterocycles. The molecule has 0 spiro atoms. The Kier molecular flexibility index (Phi) is 3.05. The van der Waals surface area contributed by atoms with Crippen LogP contribution in [0.1, 0.15) is 31.7 Å². The van der Waals surface area contributed by atoms with Gasteiger partial charge in [-0.05, 0) is 17.9 Å². The Morgan fingerprint density at radius 3 is 2.60 bits per heavy atom. The molecule has 0 fully saturated rings. The fraction of sp³-hybridized carbons (Fsp3) is 0.333. The second kappa shape index (κ2) is 4.48. The van der Waals surface area contributed by atoms with Crippen LogP contribution in [0.25, 0.3) is 0 Å². The maximum absolute atomic E-state index is 2.30. The molecule has 0 saturated carbocycles. The van der Waals surface area contributed by atoms with Crippen LogP contribution in [0.5, 0.6) is 0 Å². The normalized spacial score (nSPS) is 22.3. The van der Waals surface area contributed by atoms with Gasteiger partial charge in [0.15, 0.2) is 0 Å². The summed E-state index contributed by atoms with van der Waals surface area (Å²) in [7, 11) is 0. The molecular formula is C15H18. The van der Waals surface area contributed by atoms with E-state index in [0.717, 1.165) is 0 Å². The van der Waals surface area contributed by atoms with Gasteiger partial charge in [-0.25, -0.2) is 0 Å². The maximum atomic E-state index is 2.30. The molecule has 0 heterocycles. The summed E-state index contributed by atoms with van der Waals surface area (Å²) in [6.45, 7) is 4.58. The highest BCUT2D eigenvalue weighted by molar-refractivity contribution is 5.32. The molecule has 1 aromatic carbocycles. The molecule has 78 valence electrons. The van der Waals surface area contributed by atoms with E-state index in [0.29, 0.717) is 11.8 Å². The van der Waals surface area contributed by atoms with E-state index in [2.05, 4.69) is 62.4 Å². The third kappa shape index (κ3) is 2.38. The van der Waals surface area contributed by atoms with Gasteiger partial charge in [-0.1, -0.05) is 68.0 Å². The van der Waals surface area contributed by atoms with Gasteiger partial charge in [0, 0.05) is 5.92 Å². The van der Waals surface area contributed by atoms with Gasteiger partial charge in [0.2, 0.25) is 0 Å². The monoisotopic (exact) mass is 198 g/mol. The fourth-order valence-electron chi connectivity index (χ4n) is 2.15. The van der Waals surface area contributed by atoms with Crippen LogP contribution in [0.2, 0.25) is 0 Å². The molecule has 0 aliphatic heterocycles. The quantitative estimate of drug-likeness (QED) is 0.664. The summed E-state index contributed by atoms with van der Waals surface area (Å²) in [5.41, 5.74) is 2.97. The van der Waals surface area contributed by atoms with E-state index < -0.39 is 0 Å². The molecule has 0 heteroatoms. The summed E-state index contributed by atoms with van der Waals surface area (Å²) >= 11 is 0. The van der Waals surface area contributed by atoms with Crippen LogP contribution in [0.4, 0.5) is 0 Å². The van der Waals surface area contributed by atoms with Crippen molar-refractivity contribution >= 4 is 0 Å². The lowest BCUT2D eigenvalue weighted by atomic mass is 9.84. The number of allylic oxidation sites excluding steroid dienone is 4. The molecule has 2 unspecified atom stereocenters. The van der Waals surface area contributed by atoms with E-state index in [4.69, 9.17) is 0 Å². The summed E-state index contributed by atoms with van der Waals surface area (Å²) < 4.78 is 0. The van der Waals surface area contributed by atoms with E-state index >= 15 is 0 Å². The second-order valence-electron chi connectivity index (χ2n) is 4.44. The van der Waals surface area contributed by atoms with Gasteiger partial charge in [-0.3, -0.25) is 0 Å². The molecule has 0 bridgehead atoms. The molecule has 2 rings (SSSR count). The molecule has 1 aliphatic rings. The van der Waals surface area contributed by atoms with Crippen LogP contribution in [0.15, 0.2) is 54.1 Å². The molecule has 0 saturated heterocycles. The zero-order chi connectivity index (χ0) is 10.7. The zero-order valence-corrected chi connectivity index (χ0v) is 9.48. The number of hydrogen-bond acceptors (Lipinski definition) is 0. The van der Waals surface area contributed by atoms with Gasteiger partial charge < -0.3 is 0 Å². The highest BCUT2D eigenvalue weighted by atomic mass is 14.2. The Balaban J connectivity index is 2.18.